The maximum atomic E-state index is 10.1. The number of benzene rings is 1. The molecule has 6 rings (SSSR count). The average molecular weight is 338 g/mol. The first kappa shape index (κ1) is 15.5. The fourth-order valence-corrected chi connectivity index (χ4v) is 5.86. The Morgan fingerprint density at radius 3 is 2.92 bits per heavy atom. The topological polar surface area (TPSA) is 37.6 Å². The van der Waals surface area contributed by atoms with Gasteiger partial charge in [-0.05, 0) is 49.4 Å². The molecule has 1 aromatic carbocycles. The molecule has 0 amide bonds. The quantitative estimate of drug-likeness (QED) is 0.855. The van der Waals surface area contributed by atoms with Crippen molar-refractivity contribution in [2.24, 2.45) is 18.9 Å². The molecule has 0 spiro atoms. The van der Waals surface area contributed by atoms with Gasteiger partial charge in [0, 0.05) is 48.8 Å². The van der Waals surface area contributed by atoms with Crippen LogP contribution >= 0.6 is 0 Å². The number of rotatable bonds is 2. The third-order valence-electron chi connectivity index (χ3n) is 7.03. The molecule has 25 heavy (non-hydrogen) atoms. The van der Waals surface area contributed by atoms with Crippen molar-refractivity contribution in [2.45, 2.75) is 31.8 Å². The highest BCUT2D eigenvalue weighted by molar-refractivity contribution is 5.87. The fourth-order valence-electron chi connectivity index (χ4n) is 5.86. The summed E-state index contributed by atoms with van der Waals surface area (Å²) in [6.45, 7) is 3.51. The minimum atomic E-state index is 0.291. The summed E-state index contributed by atoms with van der Waals surface area (Å²) in [5, 5.41) is 11.4. The van der Waals surface area contributed by atoms with Crippen LogP contribution in [0.4, 0.5) is 0 Å². The van der Waals surface area contributed by atoms with Gasteiger partial charge >= 0.3 is 0 Å². The number of fused-ring (bicyclic) bond motifs is 4. The Hall–Kier alpha value is -1.78. The molecule has 4 aliphatic heterocycles. The smallest absolute Gasteiger partial charge is 0.119 e. The van der Waals surface area contributed by atoms with Crippen LogP contribution in [0.3, 0.4) is 0 Å². The second kappa shape index (κ2) is 5.36. The fraction of sp³-hybridized carbons (Fsp3) is 0.524. The van der Waals surface area contributed by atoms with Crippen molar-refractivity contribution in [3.8, 4) is 5.75 Å². The second-order valence-electron chi connectivity index (χ2n) is 7.82. The third kappa shape index (κ3) is 1.90. The lowest BCUT2D eigenvalue weighted by Crippen LogP contribution is -2.61. The molecule has 132 valence electrons. The van der Waals surface area contributed by atoms with Crippen molar-refractivity contribution in [2.75, 3.05) is 20.3 Å². The molecule has 4 heteroatoms. The molecule has 3 fully saturated rings. The van der Waals surface area contributed by atoms with Crippen molar-refractivity contribution >= 4 is 10.9 Å². The number of aryl methyl sites for hydroxylation is 1. The van der Waals surface area contributed by atoms with E-state index < -0.39 is 0 Å². The van der Waals surface area contributed by atoms with Crippen LogP contribution in [0, 0.1) is 11.8 Å². The number of methoxy groups -OCH3 is 1. The van der Waals surface area contributed by atoms with E-state index in [4.69, 9.17) is 4.74 Å². The number of allylic oxidation sites excluding steroid dienone is 1. The zero-order valence-corrected chi connectivity index (χ0v) is 15.2. The average Bonchev–Trinajstić information content (AvgIpc) is 2.93. The number of ether oxygens (including phenoxy) is 1. The SMILES string of the molecule is CC=C1CN2[C@H]3C[C@@H]1[C@H](CO)[C@@H]2Cc1c3n(C)c2ccc(OC)cc12. The van der Waals surface area contributed by atoms with Crippen LogP contribution in [-0.2, 0) is 13.5 Å². The standard InChI is InChI=1S/C21H26N2O2/c1-4-12-10-23-19-9-16-15-7-13(25-3)5-6-18(15)22(2)21(16)20(23)8-14(12)17(19)11-24/h4-7,14,17,19-20,24H,8-11H2,1-3H3/t14-,17-,19-,20-/m0/s1. The van der Waals surface area contributed by atoms with E-state index in [2.05, 4.69) is 47.7 Å². The van der Waals surface area contributed by atoms with Gasteiger partial charge in [-0.2, -0.15) is 0 Å². The van der Waals surface area contributed by atoms with Gasteiger partial charge in [0.1, 0.15) is 5.75 Å². The van der Waals surface area contributed by atoms with Gasteiger partial charge in [0.2, 0.25) is 0 Å². The first-order valence-corrected chi connectivity index (χ1v) is 9.34. The van der Waals surface area contributed by atoms with Crippen molar-refractivity contribution in [3.05, 3.63) is 41.1 Å². The largest absolute Gasteiger partial charge is 0.497 e. The van der Waals surface area contributed by atoms with Crippen molar-refractivity contribution in [1.82, 2.24) is 9.47 Å². The van der Waals surface area contributed by atoms with Gasteiger partial charge in [-0.3, -0.25) is 4.90 Å². The lowest BCUT2D eigenvalue weighted by atomic mass is 9.64. The summed E-state index contributed by atoms with van der Waals surface area (Å²) in [5.41, 5.74) is 5.78. The Bertz CT molecular complexity index is 882. The van der Waals surface area contributed by atoms with E-state index in [0.29, 0.717) is 30.5 Å². The van der Waals surface area contributed by atoms with Gasteiger partial charge in [0.15, 0.2) is 0 Å². The van der Waals surface area contributed by atoms with Crippen LogP contribution < -0.4 is 4.74 Å². The summed E-state index contributed by atoms with van der Waals surface area (Å²) >= 11 is 0. The number of aromatic nitrogens is 1. The van der Waals surface area contributed by atoms with E-state index in [0.717, 1.165) is 25.1 Å². The summed E-state index contributed by atoms with van der Waals surface area (Å²) in [6, 6.07) is 7.37. The van der Waals surface area contributed by atoms with Crippen LogP contribution in [0.25, 0.3) is 10.9 Å². The van der Waals surface area contributed by atoms with Crippen LogP contribution in [0.15, 0.2) is 29.8 Å². The monoisotopic (exact) mass is 338 g/mol. The number of aliphatic hydroxyl groups excluding tert-OH is 1. The summed E-state index contributed by atoms with van der Waals surface area (Å²) in [5.74, 6) is 1.83. The number of hydrogen-bond donors (Lipinski definition) is 1. The van der Waals surface area contributed by atoms with Crippen molar-refractivity contribution in [3.63, 3.8) is 0 Å². The Balaban J connectivity index is 1.71. The summed E-state index contributed by atoms with van der Waals surface area (Å²) in [4.78, 5) is 2.66. The lowest BCUT2D eigenvalue weighted by molar-refractivity contribution is -0.0513. The van der Waals surface area contributed by atoms with E-state index in [-0.39, 0.29) is 0 Å². The highest BCUT2D eigenvalue weighted by atomic mass is 16.5. The summed E-state index contributed by atoms with van der Waals surface area (Å²) in [6.07, 6.45) is 4.45. The first-order valence-electron chi connectivity index (χ1n) is 9.34. The molecule has 2 aromatic rings. The van der Waals surface area contributed by atoms with Gasteiger partial charge in [0.05, 0.1) is 13.2 Å². The van der Waals surface area contributed by atoms with E-state index in [1.807, 2.05) is 0 Å². The van der Waals surface area contributed by atoms with Crippen molar-refractivity contribution in [1.29, 1.82) is 0 Å². The number of nitrogens with zero attached hydrogens (tertiary/aromatic N) is 2. The predicted molar refractivity (Wildman–Crippen MR) is 98.8 cm³/mol. The molecule has 0 saturated carbocycles. The molecule has 5 atom stereocenters. The minimum absolute atomic E-state index is 0.291. The number of piperidine rings is 3. The highest BCUT2D eigenvalue weighted by Crippen LogP contribution is 2.54. The molecule has 4 bridgehead atoms. The van der Waals surface area contributed by atoms with Crippen molar-refractivity contribution < 1.29 is 9.84 Å². The molecular weight excluding hydrogens is 312 g/mol. The van der Waals surface area contributed by atoms with Crippen LogP contribution in [0.5, 0.6) is 5.75 Å². The molecule has 4 nitrogen and oxygen atoms in total. The van der Waals surface area contributed by atoms with E-state index in [9.17, 15) is 5.11 Å². The summed E-state index contributed by atoms with van der Waals surface area (Å²) < 4.78 is 7.87. The molecule has 1 aromatic heterocycles. The van der Waals surface area contributed by atoms with Gasteiger partial charge in [0.25, 0.3) is 0 Å². The lowest BCUT2D eigenvalue weighted by Gasteiger charge is -2.58. The van der Waals surface area contributed by atoms with Crippen LogP contribution in [0.1, 0.15) is 30.6 Å². The molecule has 3 saturated heterocycles. The molecule has 0 aliphatic carbocycles. The third-order valence-corrected chi connectivity index (χ3v) is 7.03. The molecule has 1 N–H and O–H groups in total. The normalized spacial score (nSPS) is 34.6. The molecular formula is C21H26N2O2. The van der Waals surface area contributed by atoms with Gasteiger partial charge < -0.3 is 14.4 Å². The predicted octanol–water partition coefficient (Wildman–Crippen LogP) is 3.04. The Morgan fingerprint density at radius 1 is 1.36 bits per heavy atom. The minimum Gasteiger partial charge on any atom is -0.497 e. The molecule has 4 aliphatic rings. The van der Waals surface area contributed by atoms with E-state index in [1.54, 1.807) is 7.11 Å². The summed E-state index contributed by atoms with van der Waals surface area (Å²) in [7, 11) is 3.94. The van der Waals surface area contributed by atoms with Gasteiger partial charge in [-0.25, -0.2) is 0 Å². The van der Waals surface area contributed by atoms with Crippen LogP contribution in [0.2, 0.25) is 0 Å². The van der Waals surface area contributed by atoms with E-state index in [1.165, 1.54) is 27.7 Å². The number of hydrogen-bond acceptors (Lipinski definition) is 3. The highest BCUT2D eigenvalue weighted by Gasteiger charge is 2.52. The Labute approximate surface area is 148 Å². The Kier molecular flexibility index (Phi) is 3.32. The van der Waals surface area contributed by atoms with Crippen LogP contribution in [-0.4, -0.2) is 40.9 Å². The second-order valence-corrected chi connectivity index (χ2v) is 7.82. The Morgan fingerprint density at radius 2 is 2.20 bits per heavy atom. The van der Waals surface area contributed by atoms with Gasteiger partial charge in [-0.15, -0.1) is 0 Å². The maximum absolute atomic E-state index is 10.1. The molecule has 0 radical (unpaired) electrons. The maximum Gasteiger partial charge on any atom is 0.119 e. The van der Waals surface area contributed by atoms with Gasteiger partial charge in [-0.1, -0.05) is 11.6 Å². The zero-order valence-electron chi connectivity index (χ0n) is 15.2. The zero-order chi connectivity index (χ0) is 17.3. The molecule has 5 heterocycles. The number of aliphatic hydroxyl groups is 1. The van der Waals surface area contributed by atoms with E-state index >= 15 is 0 Å². The molecule has 1 unspecified atom stereocenters. The first-order chi connectivity index (χ1) is 12.2.